The topological polar surface area (TPSA) is 66.5 Å². The standard InChI is InChI=1S/C17H17FN2O3S/c1-12-11-15(20-10-2-3-17(20)21)8-9-16(12)24(22,23)19-14-6-4-13(18)5-7-14/h4-9,11,19H,2-3,10H2,1H3. The van der Waals surface area contributed by atoms with Crippen molar-refractivity contribution < 1.29 is 17.6 Å². The highest BCUT2D eigenvalue weighted by Gasteiger charge is 2.24. The number of nitrogens with zero attached hydrogens (tertiary/aromatic N) is 1. The van der Waals surface area contributed by atoms with Gasteiger partial charge in [-0.2, -0.15) is 0 Å². The maximum atomic E-state index is 12.9. The number of anilines is 2. The molecular formula is C17H17FN2O3S. The van der Waals surface area contributed by atoms with Crippen LogP contribution in [0.4, 0.5) is 15.8 Å². The molecule has 1 aliphatic rings. The number of carbonyl (C=O) groups is 1. The molecule has 1 amide bonds. The first kappa shape index (κ1) is 16.4. The third kappa shape index (κ3) is 3.26. The van der Waals surface area contributed by atoms with Crippen molar-refractivity contribution in [3.05, 3.63) is 53.8 Å². The highest BCUT2D eigenvalue weighted by atomic mass is 32.2. The lowest BCUT2D eigenvalue weighted by atomic mass is 10.2. The molecule has 1 saturated heterocycles. The van der Waals surface area contributed by atoms with Crippen molar-refractivity contribution in [2.24, 2.45) is 0 Å². The number of hydrogen-bond acceptors (Lipinski definition) is 3. The number of halogens is 1. The van der Waals surface area contributed by atoms with Crippen molar-refractivity contribution in [3.8, 4) is 0 Å². The van der Waals surface area contributed by atoms with Crippen LogP contribution < -0.4 is 9.62 Å². The summed E-state index contributed by atoms with van der Waals surface area (Å²) in [6.07, 6.45) is 1.33. The van der Waals surface area contributed by atoms with Crippen molar-refractivity contribution in [1.82, 2.24) is 0 Å². The van der Waals surface area contributed by atoms with E-state index < -0.39 is 15.8 Å². The van der Waals surface area contributed by atoms with Crippen LogP contribution in [0, 0.1) is 12.7 Å². The van der Waals surface area contributed by atoms with Gasteiger partial charge in [0.05, 0.1) is 4.90 Å². The van der Waals surface area contributed by atoms with E-state index in [-0.39, 0.29) is 16.5 Å². The van der Waals surface area contributed by atoms with Gasteiger partial charge in [0, 0.05) is 24.3 Å². The summed E-state index contributed by atoms with van der Waals surface area (Å²) in [5.41, 5.74) is 1.53. The van der Waals surface area contributed by atoms with Gasteiger partial charge < -0.3 is 4.90 Å². The van der Waals surface area contributed by atoms with Gasteiger partial charge >= 0.3 is 0 Å². The molecule has 2 aromatic carbocycles. The Balaban J connectivity index is 1.88. The fourth-order valence-electron chi connectivity index (χ4n) is 2.75. The van der Waals surface area contributed by atoms with E-state index in [1.54, 1.807) is 24.0 Å². The average Bonchev–Trinajstić information content (AvgIpc) is 2.95. The summed E-state index contributed by atoms with van der Waals surface area (Å²) < 4.78 is 40.4. The van der Waals surface area contributed by atoms with Crippen molar-refractivity contribution in [2.75, 3.05) is 16.2 Å². The zero-order valence-corrected chi connectivity index (χ0v) is 13.9. The van der Waals surface area contributed by atoms with E-state index >= 15 is 0 Å². The second-order valence-corrected chi connectivity index (χ2v) is 7.36. The zero-order valence-electron chi connectivity index (χ0n) is 13.1. The van der Waals surface area contributed by atoms with Crippen LogP contribution in [0.1, 0.15) is 18.4 Å². The molecule has 1 heterocycles. The maximum Gasteiger partial charge on any atom is 0.262 e. The molecule has 0 saturated carbocycles. The minimum atomic E-state index is -3.79. The molecule has 1 N–H and O–H groups in total. The lowest BCUT2D eigenvalue weighted by Crippen LogP contribution is -2.24. The molecule has 2 aromatic rings. The Labute approximate surface area is 140 Å². The third-order valence-electron chi connectivity index (χ3n) is 3.93. The summed E-state index contributed by atoms with van der Waals surface area (Å²) in [4.78, 5) is 13.6. The quantitative estimate of drug-likeness (QED) is 0.923. The highest BCUT2D eigenvalue weighted by Crippen LogP contribution is 2.27. The van der Waals surface area contributed by atoms with E-state index in [0.717, 1.165) is 6.42 Å². The number of hydrogen-bond donors (Lipinski definition) is 1. The van der Waals surface area contributed by atoms with E-state index in [0.29, 0.717) is 24.2 Å². The first-order chi connectivity index (χ1) is 11.4. The van der Waals surface area contributed by atoms with Crippen LogP contribution in [0.25, 0.3) is 0 Å². The molecule has 0 unspecified atom stereocenters. The largest absolute Gasteiger partial charge is 0.312 e. The van der Waals surface area contributed by atoms with Gasteiger partial charge in [-0.05, 0) is 61.4 Å². The van der Waals surface area contributed by atoms with Crippen molar-refractivity contribution in [1.29, 1.82) is 0 Å². The number of aryl methyl sites for hydroxylation is 1. The smallest absolute Gasteiger partial charge is 0.262 e. The first-order valence-electron chi connectivity index (χ1n) is 7.56. The fourth-order valence-corrected chi connectivity index (χ4v) is 4.04. The number of rotatable bonds is 4. The molecule has 0 spiro atoms. The highest BCUT2D eigenvalue weighted by molar-refractivity contribution is 7.92. The molecule has 7 heteroatoms. The van der Waals surface area contributed by atoms with Gasteiger partial charge in [-0.1, -0.05) is 0 Å². The minimum absolute atomic E-state index is 0.0504. The van der Waals surface area contributed by atoms with Crippen molar-refractivity contribution in [3.63, 3.8) is 0 Å². The van der Waals surface area contributed by atoms with E-state index in [1.807, 2.05) is 0 Å². The Bertz CT molecular complexity index is 879. The lowest BCUT2D eigenvalue weighted by Gasteiger charge is -2.18. The molecule has 5 nitrogen and oxygen atoms in total. The molecule has 0 radical (unpaired) electrons. The maximum absolute atomic E-state index is 12.9. The Kier molecular flexibility index (Phi) is 4.28. The molecule has 126 valence electrons. The van der Waals surface area contributed by atoms with E-state index in [4.69, 9.17) is 0 Å². The van der Waals surface area contributed by atoms with Crippen LogP contribution >= 0.6 is 0 Å². The number of amides is 1. The van der Waals surface area contributed by atoms with Gasteiger partial charge in [0.25, 0.3) is 10.0 Å². The van der Waals surface area contributed by atoms with Crippen molar-refractivity contribution in [2.45, 2.75) is 24.7 Å². The van der Waals surface area contributed by atoms with E-state index in [2.05, 4.69) is 4.72 Å². The van der Waals surface area contributed by atoms with Gasteiger partial charge in [-0.3, -0.25) is 9.52 Å². The van der Waals surface area contributed by atoms with Crippen molar-refractivity contribution >= 4 is 27.3 Å². The van der Waals surface area contributed by atoms with Crippen LogP contribution in [0.2, 0.25) is 0 Å². The van der Waals surface area contributed by atoms with Gasteiger partial charge in [0.15, 0.2) is 0 Å². The Morgan fingerprint density at radius 2 is 1.83 bits per heavy atom. The van der Waals surface area contributed by atoms with Gasteiger partial charge in [0.2, 0.25) is 5.91 Å². The molecule has 0 bridgehead atoms. The second-order valence-electron chi connectivity index (χ2n) is 5.71. The SMILES string of the molecule is Cc1cc(N2CCCC2=O)ccc1S(=O)(=O)Nc1ccc(F)cc1. The monoisotopic (exact) mass is 348 g/mol. The normalized spacial score (nSPS) is 14.9. The molecule has 24 heavy (non-hydrogen) atoms. The summed E-state index contributed by atoms with van der Waals surface area (Å²) in [5.74, 6) is -0.386. The fraction of sp³-hybridized carbons (Fsp3) is 0.235. The molecule has 0 aliphatic carbocycles. The van der Waals surface area contributed by atoms with E-state index in [9.17, 15) is 17.6 Å². The van der Waals surface area contributed by atoms with Crippen LogP contribution in [-0.4, -0.2) is 20.9 Å². The van der Waals surface area contributed by atoms with Crippen LogP contribution in [0.5, 0.6) is 0 Å². The predicted octanol–water partition coefficient (Wildman–Crippen LogP) is 3.06. The Morgan fingerprint density at radius 3 is 2.42 bits per heavy atom. The minimum Gasteiger partial charge on any atom is -0.312 e. The molecule has 3 rings (SSSR count). The van der Waals surface area contributed by atoms with Crippen LogP contribution in [0.3, 0.4) is 0 Å². The molecular weight excluding hydrogens is 331 g/mol. The van der Waals surface area contributed by atoms with Gasteiger partial charge in [-0.15, -0.1) is 0 Å². The Morgan fingerprint density at radius 1 is 1.12 bits per heavy atom. The number of sulfonamides is 1. The van der Waals surface area contributed by atoms with Gasteiger partial charge in [0.1, 0.15) is 5.82 Å². The predicted molar refractivity (Wildman–Crippen MR) is 90.0 cm³/mol. The lowest BCUT2D eigenvalue weighted by molar-refractivity contribution is -0.117. The molecule has 0 aromatic heterocycles. The van der Waals surface area contributed by atoms with E-state index in [1.165, 1.54) is 30.3 Å². The number of carbonyl (C=O) groups excluding carboxylic acids is 1. The summed E-state index contributed by atoms with van der Waals surface area (Å²) in [5, 5.41) is 0. The molecule has 1 aliphatic heterocycles. The first-order valence-corrected chi connectivity index (χ1v) is 9.04. The zero-order chi connectivity index (χ0) is 17.3. The number of nitrogens with one attached hydrogen (secondary N) is 1. The second kappa shape index (κ2) is 6.24. The molecule has 0 atom stereocenters. The summed E-state index contributed by atoms with van der Waals surface area (Å²) in [6.45, 7) is 2.33. The van der Waals surface area contributed by atoms with Crippen LogP contribution in [-0.2, 0) is 14.8 Å². The third-order valence-corrected chi connectivity index (χ3v) is 5.47. The average molecular weight is 348 g/mol. The van der Waals surface area contributed by atoms with Crippen LogP contribution in [0.15, 0.2) is 47.4 Å². The van der Waals surface area contributed by atoms with Gasteiger partial charge in [-0.25, -0.2) is 12.8 Å². The summed E-state index contributed by atoms with van der Waals surface area (Å²) in [6, 6.07) is 9.92. The summed E-state index contributed by atoms with van der Waals surface area (Å²) >= 11 is 0. The molecule has 1 fully saturated rings. The summed E-state index contributed by atoms with van der Waals surface area (Å²) in [7, 11) is -3.79. The number of benzene rings is 2. The Hall–Kier alpha value is -2.41.